The van der Waals surface area contributed by atoms with Gasteiger partial charge < -0.3 is 10.4 Å². The van der Waals surface area contributed by atoms with E-state index in [1.807, 2.05) is 6.07 Å². The van der Waals surface area contributed by atoms with Crippen molar-refractivity contribution in [1.82, 2.24) is 10.2 Å². The van der Waals surface area contributed by atoms with Gasteiger partial charge in [0.05, 0.1) is 0 Å². The van der Waals surface area contributed by atoms with Crippen molar-refractivity contribution >= 4 is 24.8 Å². The van der Waals surface area contributed by atoms with Crippen molar-refractivity contribution in [2.24, 2.45) is 5.92 Å². The lowest BCUT2D eigenvalue weighted by Gasteiger charge is -2.41. The average Bonchev–Trinajstić information content (AvgIpc) is 2.53. The molecule has 2 N–H and O–H groups in total. The molecular weight excluding hydrogens is 338 g/mol. The monoisotopic (exact) mass is 364 g/mol. The summed E-state index contributed by atoms with van der Waals surface area (Å²) < 4.78 is 13.8. The second-order valence-electron chi connectivity index (χ2n) is 6.34. The van der Waals surface area contributed by atoms with Gasteiger partial charge in [0.2, 0.25) is 0 Å². The highest BCUT2D eigenvalue weighted by Gasteiger charge is 2.31. The largest absolute Gasteiger partial charge is 0.505 e. The zero-order valence-electron chi connectivity index (χ0n) is 13.3. The smallest absolute Gasteiger partial charge is 0.165 e. The number of phenolic OH excluding ortho intramolecular Hbond substituents is 1. The van der Waals surface area contributed by atoms with Crippen molar-refractivity contribution < 1.29 is 9.50 Å². The SMILES string of the molecule is Cl.Cl.Oc1ccc([C@@H](C2CCCCC2)N2CCNCC2)cc1F. The Balaban J connectivity index is 0.00000132. The first-order chi connectivity index (χ1) is 10.3. The highest BCUT2D eigenvalue weighted by atomic mass is 35.5. The van der Waals surface area contributed by atoms with Gasteiger partial charge in [-0.1, -0.05) is 25.3 Å². The molecule has 2 aliphatic rings. The molecule has 3 nitrogen and oxygen atoms in total. The predicted molar refractivity (Wildman–Crippen MR) is 96.3 cm³/mol. The number of aromatic hydroxyl groups is 1. The van der Waals surface area contributed by atoms with Crippen LogP contribution in [0.4, 0.5) is 4.39 Å². The summed E-state index contributed by atoms with van der Waals surface area (Å²) in [6, 6.07) is 5.24. The molecule has 1 aromatic rings. The van der Waals surface area contributed by atoms with Crippen LogP contribution >= 0.6 is 24.8 Å². The maximum Gasteiger partial charge on any atom is 0.165 e. The summed E-state index contributed by atoms with van der Waals surface area (Å²) in [5.41, 5.74) is 1.03. The number of phenols is 1. The minimum absolute atomic E-state index is 0. The third-order valence-corrected chi connectivity index (χ3v) is 4.95. The van der Waals surface area contributed by atoms with Crippen molar-refractivity contribution in [1.29, 1.82) is 0 Å². The zero-order chi connectivity index (χ0) is 14.7. The van der Waals surface area contributed by atoms with Crippen LogP contribution in [0.5, 0.6) is 5.75 Å². The van der Waals surface area contributed by atoms with Crippen LogP contribution in [0.3, 0.4) is 0 Å². The van der Waals surface area contributed by atoms with Crippen molar-refractivity contribution in [3.05, 3.63) is 29.6 Å². The molecule has 0 radical (unpaired) electrons. The Morgan fingerprint density at radius 3 is 2.35 bits per heavy atom. The highest BCUT2D eigenvalue weighted by molar-refractivity contribution is 5.85. The average molecular weight is 365 g/mol. The van der Waals surface area contributed by atoms with Crippen LogP contribution < -0.4 is 5.32 Å². The Morgan fingerprint density at radius 2 is 1.74 bits per heavy atom. The van der Waals surface area contributed by atoms with Gasteiger partial charge in [-0.05, 0) is 36.5 Å². The van der Waals surface area contributed by atoms with Crippen molar-refractivity contribution in [3.63, 3.8) is 0 Å². The quantitative estimate of drug-likeness (QED) is 0.853. The number of hydrogen-bond acceptors (Lipinski definition) is 3. The van der Waals surface area contributed by atoms with Gasteiger partial charge in [-0.15, -0.1) is 24.8 Å². The maximum absolute atomic E-state index is 13.8. The van der Waals surface area contributed by atoms with Crippen LogP contribution in [0, 0.1) is 11.7 Å². The van der Waals surface area contributed by atoms with Crippen LogP contribution in [0.25, 0.3) is 0 Å². The minimum Gasteiger partial charge on any atom is -0.505 e. The molecule has 3 rings (SSSR count). The standard InChI is InChI=1S/C17H25FN2O.2ClH/c18-15-12-14(6-7-16(15)21)17(13-4-2-1-3-5-13)20-10-8-19-9-11-20;;/h6-7,12-13,17,19,21H,1-5,8-11H2;2*1H/t17-;;/m1../s1. The first kappa shape index (κ1) is 20.5. The van der Waals surface area contributed by atoms with Gasteiger partial charge in [0.1, 0.15) is 0 Å². The number of piperazine rings is 1. The third-order valence-electron chi connectivity index (χ3n) is 4.95. The van der Waals surface area contributed by atoms with Crippen molar-refractivity contribution in [3.8, 4) is 5.75 Å². The first-order valence-electron chi connectivity index (χ1n) is 8.19. The second-order valence-corrected chi connectivity index (χ2v) is 6.34. The fourth-order valence-electron chi connectivity index (χ4n) is 3.90. The van der Waals surface area contributed by atoms with Gasteiger partial charge in [0.25, 0.3) is 0 Å². The van der Waals surface area contributed by atoms with Gasteiger partial charge in [-0.3, -0.25) is 4.90 Å². The van der Waals surface area contributed by atoms with E-state index in [1.165, 1.54) is 44.2 Å². The molecule has 0 spiro atoms. The number of nitrogens with zero attached hydrogens (tertiary/aromatic N) is 1. The number of halogens is 3. The summed E-state index contributed by atoms with van der Waals surface area (Å²) in [5, 5.41) is 12.8. The van der Waals surface area contributed by atoms with E-state index in [0.29, 0.717) is 12.0 Å². The Hall–Kier alpha value is -0.550. The summed E-state index contributed by atoms with van der Waals surface area (Å²) in [6.45, 7) is 4.04. The van der Waals surface area contributed by atoms with Crippen molar-refractivity contribution in [2.75, 3.05) is 26.2 Å². The molecule has 23 heavy (non-hydrogen) atoms. The van der Waals surface area contributed by atoms with E-state index in [4.69, 9.17) is 0 Å². The Kier molecular flexibility index (Phi) is 8.62. The number of benzene rings is 1. The molecule has 1 saturated carbocycles. The van der Waals surface area contributed by atoms with Crippen LogP contribution in [-0.2, 0) is 0 Å². The highest BCUT2D eigenvalue weighted by Crippen LogP contribution is 2.39. The van der Waals surface area contributed by atoms with E-state index < -0.39 is 5.82 Å². The van der Waals surface area contributed by atoms with Crippen LogP contribution in [0.1, 0.15) is 43.7 Å². The third kappa shape index (κ3) is 4.96. The van der Waals surface area contributed by atoms with E-state index in [1.54, 1.807) is 0 Å². The van der Waals surface area contributed by atoms with Crippen LogP contribution in [0.2, 0.25) is 0 Å². The van der Waals surface area contributed by atoms with Gasteiger partial charge in [0, 0.05) is 32.2 Å². The zero-order valence-corrected chi connectivity index (χ0v) is 15.0. The van der Waals surface area contributed by atoms with Gasteiger partial charge in [-0.2, -0.15) is 0 Å². The first-order valence-corrected chi connectivity index (χ1v) is 8.19. The molecule has 0 aromatic heterocycles. The summed E-state index contributed by atoms with van der Waals surface area (Å²) in [4.78, 5) is 2.50. The summed E-state index contributed by atoms with van der Waals surface area (Å²) >= 11 is 0. The molecule has 6 heteroatoms. The molecule has 1 atom stereocenters. The number of nitrogens with one attached hydrogen (secondary N) is 1. The van der Waals surface area contributed by atoms with E-state index in [0.717, 1.165) is 31.7 Å². The molecule has 1 aliphatic carbocycles. The van der Waals surface area contributed by atoms with Gasteiger partial charge in [-0.25, -0.2) is 4.39 Å². The predicted octanol–water partition coefficient (Wildman–Crippen LogP) is 3.90. The maximum atomic E-state index is 13.8. The van der Waals surface area contributed by atoms with Crippen LogP contribution in [-0.4, -0.2) is 36.2 Å². The molecule has 1 aliphatic heterocycles. The number of rotatable bonds is 3. The molecule has 132 valence electrons. The van der Waals surface area contributed by atoms with Gasteiger partial charge >= 0.3 is 0 Å². The fourth-order valence-corrected chi connectivity index (χ4v) is 3.90. The summed E-state index contributed by atoms with van der Waals surface area (Å²) in [5.74, 6) is -0.134. The van der Waals surface area contributed by atoms with E-state index in [-0.39, 0.29) is 30.6 Å². The Labute approximate surface area is 150 Å². The molecule has 0 amide bonds. The molecule has 0 unspecified atom stereocenters. The summed E-state index contributed by atoms with van der Waals surface area (Å²) in [7, 11) is 0. The molecule has 0 bridgehead atoms. The van der Waals surface area contributed by atoms with E-state index >= 15 is 0 Å². The molecule has 1 aromatic carbocycles. The molecular formula is C17H27Cl2FN2O. The lowest BCUT2D eigenvalue weighted by atomic mass is 9.80. The fraction of sp³-hybridized carbons (Fsp3) is 0.647. The van der Waals surface area contributed by atoms with Crippen LogP contribution in [0.15, 0.2) is 18.2 Å². The molecule has 1 heterocycles. The van der Waals surface area contributed by atoms with Crippen molar-refractivity contribution in [2.45, 2.75) is 38.1 Å². The topological polar surface area (TPSA) is 35.5 Å². The summed E-state index contributed by atoms with van der Waals surface area (Å²) in [6.07, 6.45) is 6.37. The molecule has 2 fully saturated rings. The van der Waals surface area contributed by atoms with Gasteiger partial charge in [0.15, 0.2) is 11.6 Å². The number of hydrogen-bond donors (Lipinski definition) is 2. The Morgan fingerprint density at radius 1 is 1.09 bits per heavy atom. The van der Waals surface area contributed by atoms with E-state index in [9.17, 15) is 9.50 Å². The lowest BCUT2D eigenvalue weighted by molar-refractivity contribution is 0.103. The lowest BCUT2D eigenvalue weighted by Crippen LogP contribution is -2.47. The minimum atomic E-state index is -0.497. The molecule has 1 saturated heterocycles. The Bertz CT molecular complexity index is 460. The van der Waals surface area contributed by atoms with E-state index in [2.05, 4.69) is 10.2 Å². The normalized spacial score (nSPS) is 21.1. The second kappa shape index (κ2) is 9.67.